The van der Waals surface area contributed by atoms with Gasteiger partial charge in [-0.05, 0) is 56.5 Å². The number of hydrogen-bond donors (Lipinski definition) is 1. The minimum atomic E-state index is -0.626. The molecule has 2 aliphatic heterocycles. The van der Waals surface area contributed by atoms with Crippen molar-refractivity contribution < 1.29 is 19.1 Å². The summed E-state index contributed by atoms with van der Waals surface area (Å²) in [5.74, 6) is -1.54. The third-order valence-electron chi connectivity index (χ3n) is 5.56. The summed E-state index contributed by atoms with van der Waals surface area (Å²) in [5.41, 5.74) is 0.847. The van der Waals surface area contributed by atoms with Crippen LogP contribution in [-0.2, 0) is 9.59 Å². The van der Waals surface area contributed by atoms with Gasteiger partial charge in [-0.15, -0.1) is 0 Å². The highest BCUT2D eigenvalue weighted by Gasteiger charge is 2.46. The smallest absolute Gasteiger partial charge is 0.290 e. The molecular formula is C20H23FN2O3. The van der Waals surface area contributed by atoms with Crippen molar-refractivity contribution in [3.63, 3.8) is 0 Å². The van der Waals surface area contributed by atoms with E-state index >= 15 is 0 Å². The van der Waals surface area contributed by atoms with Gasteiger partial charge in [-0.25, -0.2) is 4.39 Å². The first-order valence-electron chi connectivity index (χ1n) is 9.32. The summed E-state index contributed by atoms with van der Waals surface area (Å²) >= 11 is 0. The van der Waals surface area contributed by atoms with Gasteiger partial charge in [-0.3, -0.25) is 9.59 Å². The number of ketones is 1. The van der Waals surface area contributed by atoms with E-state index in [-0.39, 0.29) is 23.1 Å². The molecule has 1 N–H and O–H groups in total. The molecule has 0 radical (unpaired) electrons. The van der Waals surface area contributed by atoms with Crippen molar-refractivity contribution in [3.05, 3.63) is 47.0 Å². The second-order valence-electron chi connectivity index (χ2n) is 7.40. The van der Waals surface area contributed by atoms with Gasteiger partial charge < -0.3 is 14.9 Å². The third kappa shape index (κ3) is 3.14. The largest absolute Gasteiger partial charge is 0.503 e. The molecule has 1 amide bonds. The molecular weight excluding hydrogens is 335 g/mol. The Morgan fingerprint density at radius 3 is 2.38 bits per heavy atom. The average molecular weight is 358 g/mol. The maximum Gasteiger partial charge on any atom is 0.290 e. The topological polar surface area (TPSA) is 60.9 Å². The van der Waals surface area contributed by atoms with Crippen molar-refractivity contribution in [2.75, 3.05) is 26.2 Å². The highest BCUT2D eigenvalue weighted by molar-refractivity contribution is 6.10. The van der Waals surface area contributed by atoms with Gasteiger partial charge in [0.15, 0.2) is 11.5 Å². The lowest BCUT2D eigenvalue weighted by Gasteiger charge is -2.28. The van der Waals surface area contributed by atoms with Gasteiger partial charge >= 0.3 is 0 Å². The van der Waals surface area contributed by atoms with E-state index in [4.69, 9.17) is 0 Å². The maximum absolute atomic E-state index is 13.4. The molecule has 6 heteroatoms. The fourth-order valence-electron chi connectivity index (χ4n) is 3.95. The minimum absolute atomic E-state index is 0.0959. The highest BCUT2D eigenvalue weighted by Crippen LogP contribution is 2.43. The fourth-order valence-corrected chi connectivity index (χ4v) is 3.95. The van der Waals surface area contributed by atoms with E-state index in [9.17, 15) is 19.1 Å². The number of aliphatic hydroxyl groups is 1. The number of benzene rings is 1. The number of aliphatic hydroxyl groups excluding tert-OH is 1. The molecule has 2 heterocycles. The number of likely N-dealkylation sites (tertiary alicyclic amines) is 1. The first-order chi connectivity index (χ1) is 12.6. The first kappa shape index (κ1) is 17.2. The molecule has 138 valence electrons. The lowest BCUT2D eigenvalue weighted by molar-refractivity contribution is -0.129. The molecule has 1 unspecified atom stereocenters. The zero-order chi connectivity index (χ0) is 18.3. The van der Waals surface area contributed by atoms with E-state index in [2.05, 4.69) is 4.90 Å². The van der Waals surface area contributed by atoms with E-state index in [1.54, 1.807) is 17.0 Å². The number of rotatable bonds is 6. The van der Waals surface area contributed by atoms with Gasteiger partial charge in [0.1, 0.15) is 5.82 Å². The predicted molar refractivity (Wildman–Crippen MR) is 93.9 cm³/mol. The van der Waals surface area contributed by atoms with Gasteiger partial charge in [-0.2, -0.15) is 0 Å². The summed E-state index contributed by atoms with van der Waals surface area (Å²) in [6, 6.07) is 5.21. The van der Waals surface area contributed by atoms with E-state index in [1.807, 2.05) is 0 Å². The van der Waals surface area contributed by atoms with Crippen LogP contribution in [0.3, 0.4) is 0 Å². The van der Waals surface area contributed by atoms with Crippen LogP contribution >= 0.6 is 0 Å². The number of carbonyl (C=O) groups is 2. The molecule has 1 saturated heterocycles. The number of amides is 1. The van der Waals surface area contributed by atoms with Gasteiger partial charge in [0, 0.05) is 19.0 Å². The van der Waals surface area contributed by atoms with E-state index in [0.29, 0.717) is 18.7 Å². The Morgan fingerprint density at radius 2 is 1.77 bits per heavy atom. The van der Waals surface area contributed by atoms with Gasteiger partial charge in [-0.1, -0.05) is 12.1 Å². The molecule has 1 aliphatic carbocycles. The summed E-state index contributed by atoms with van der Waals surface area (Å²) in [6.45, 7) is 3.17. The van der Waals surface area contributed by atoms with E-state index in [1.165, 1.54) is 12.1 Å². The van der Waals surface area contributed by atoms with Crippen LogP contribution in [0.25, 0.3) is 0 Å². The van der Waals surface area contributed by atoms with Crippen molar-refractivity contribution in [1.82, 2.24) is 9.80 Å². The monoisotopic (exact) mass is 358 g/mol. The predicted octanol–water partition coefficient (Wildman–Crippen LogP) is 2.60. The van der Waals surface area contributed by atoms with Crippen LogP contribution in [-0.4, -0.2) is 52.8 Å². The summed E-state index contributed by atoms with van der Waals surface area (Å²) < 4.78 is 13.4. The third-order valence-corrected chi connectivity index (χ3v) is 5.56. The SMILES string of the molecule is O=C(C1=C(O)C(=O)N(CCN2CCCC2)C1c1ccc(F)cc1)C1CC1. The molecule has 1 atom stereocenters. The first-order valence-corrected chi connectivity index (χ1v) is 9.32. The normalized spacial score (nSPS) is 24.0. The molecule has 1 aromatic carbocycles. The van der Waals surface area contributed by atoms with Crippen LogP contribution in [0, 0.1) is 11.7 Å². The Bertz CT molecular complexity index is 749. The number of carbonyl (C=O) groups excluding carboxylic acids is 2. The van der Waals surface area contributed by atoms with Gasteiger partial charge in [0.25, 0.3) is 5.91 Å². The van der Waals surface area contributed by atoms with Crippen molar-refractivity contribution >= 4 is 11.7 Å². The molecule has 1 saturated carbocycles. The Kier molecular flexibility index (Phi) is 4.53. The van der Waals surface area contributed by atoms with Crippen LogP contribution in [0.1, 0.15) is 37.3 Å². The molecule has 0 aromatic heterocycles. The lowest BCUT2D eigenvalue weighted by atomic mass is 9.94. The standard InChI is InChI=1S/C20H23FN2O3/c21-15-7-5-13(6-8-15)17-16(18(24)14-3-4-14)19(25)20(26)23(17)12-11-22-9-1-2-10-22/h5-8,14,17,25H,1-4,9-12H2. The number of nitrogens with zero attached hydrogens (tertiary/aromatic N) is 2. The fraction of sp³-hybridized carbons (Fsp3) is 0.500. The molecule has 26 heavy (non-hydrogen) atoms. The van der Waals surface area contributed by atoms with E-state index in [0.717, 1.165) is 38.8 Å². The Morgan fingerprint density at radius 1 is 1.12 bits per heavy atom. The number of halogens is 1. The number of Topliss-reactive ketones (excluding diaryl/α,β-unsaturated/α-hetero) is 1. The molecule has 0 bridgehead atoms. The van der Waals surface area contributed by atoms with Gasteiger partial charge in [0.2, 0.25) is 0 Å². The van der Waals surface area contributed by atoms with Crippen LogP contribution in [0.2, 0.25) is 0 Å². The van der Waals surface area contributed by atoms with Crippen LogP contribution in [0.4, 0.5) is 4.39 Å². The molecule has 3 aliphatic rings. The zero-order valence-electron chi connectivity index (χ0n) is 14.7. The van der Waals surface area contributed by atoms with Crippen LogP contribution < -0.4 is 0 Å². The molecule has 4 rings (SSSR count). The Balaban J connectivity index is 1.64. The van der Waals surface area contributed by atoms with Crippen molar-refractivity contribution in [2.45, 2.75) is 31.7 Å². The Hall–Kier alpha value is -2.21. The maximum atomic E-state index is 13.4. The van der Waals surface area contributed by atoms with Gasteiger partial charge in [0.05, 0.1) is 11.6 Å². The molecule has 5 nitrogen and oxygen atoms in total. The van der Waals surface area contributed by atoms with Crippen molar-refractivity contribution in [3.8, 4) is 0 Å². The van der Waals surface area contributed by atoms with Crippen molar-refractivity contribution in [1.29, 1.82) is 0 Å². The molecule has 0 spiro atoms. The van der Waals surface area contributed by atoms with Crippen LogP contribution in [0.15, 0.2) is 35.6 Å². The second kappa shape index (κ2) is 6.83. The summed E-state index contributed by atoms with van der Waals surface area (Å²) in [7, 11) is 0. The number of hydrogen-bond acceptors (Lipinski definition) is 4. The quantitative estimate of drug-likeness (QED) is 0.849. The summed E-state index contributed by atoms with van der Waals surface area (Å²) in [6.07, 6.45) is 3.91. The average Bonchev–Trinajstić information content (AvgIpc) is 3.30. The lowest BCUT2D eigenvalue weighted by Crippen LogP contribution is -2.38. The Labute approximate surface area is 152 Å². The molecule has 2 fully saturated rings. The second-order valence-corrected chi connectivity index (χ2v) is 7.40. The van der Waals surface area contributed by atoms with Crippen molar-refractivity contribution in [2.24, 2.45) is 5.92 Å². The van der Waals surface area contributed by atoms with E-state index < -0.39 is 17.7 Å². The molecule has 1 aromatic rings. The summed E-state index contributed by atoms with van der Waals surface area (Å²) in [4.78, 5) is 29.3. The summed E-state index contributed by atoms with van der Waals surface area (Å²) in [5, 5.41) is 10.4. The van der Waals surface area contributed by atoms with Crippen LogP contribution in [0.5, 0.6) is 0 Å². The zero-order valence-corrected chi connectivity index (χ0v) is 14.7. The minimum Gasteiger partial charge on any atom is -0.503 e. The highest BCUT2D eigenvalue weighted by atomic mass is 19.1.